The highest BCUT2D eigenvalue weighted by atomic mass is 32.2. The molecule has 0 aliphatic carbocycles. The van der Waals surface area contributed by atoms with Gasteiger partial charge in [0.15, 0.2) is 0 Å². The molecule has 0 saturated heterocycles. The maximum absolute atomic E-state index is 10.8. The Labute approximate surface area is 91.0 Å². The SMILES string of the molecule is CS(=O)(=O)ONC1=NCCCCCCC1. The summed E-state index contributed by atoms with van der Waals surface area (Å²) in [6, 6.07) is 0. The molecule has 0 spiro atoms. The topological polar surface area (TPSA) is 67.8 Å². The maximum atomic E-state index is 10.8. The summed E-state index contributed by atoms with van der Waals surface area (Å²) in [4.78, 5) is 4.26. The van der Waals surface area contributed by atoms with Gasteiger partial charge >= 0.3 is 0 Å². The lowest BCUT2D eigenvalue weighted by Crippen LogP contribution is -2.26. The molecule has 0 aromatic heterocycles. The third kappa shape index (κ3) is 6.46. The first-order valence-corrected chi connectivity index (χ1v) is 7.07. The quantitative estimate of drug-likeness (QED) is 0.729. The Bertz CT molecular complexity index is 311. The average molecular weight is 234 g/mol. The van der Waals surface area contributed by atoms with Crippen molar-refractivity contribution in [2.24, 2.45) is 4.99 Å². The summed E-state index contributed by atoms with van der Waals surface area (Å²) >= 11 is 0. The van der Waals surface area contributed by atoms with Gasteiger partial charge < -0.3 is 0 Å². The van der Waals surface area contributed by atoms with E-state index in [0.717, 1.165) is 32.1 Å². The number of rotatable bonds is 2. The van der Waals surface area contributed by atoms with Crippen molar-refractivity contribution in [1.29, 1.82) is 0 Å². The summed E-state index contributed by atoms with van der Waals surface area (Å²) in [7, 11) is -3.45. The molecule has 15 heavy (non-hydrogen) atoms. The van der Waals surface area contributed by atoms with Crippen molar-refractivity contribution >= 4 is 16.0 Å². The molecule has 1 aliphatic heterocycles. The highest BCUT2D eigenvalue weighted by Gasteiger charge is 2.06. The van der Waals surface area contributed by atoms with E-state index >= 15 is 0 Å². The smallest absolute Gasteiger partial charge is 0.271 e. The first kappa shape index (κ1) is 12.4. The molecule has 0 unspecified atom stereocenters. The second-order valence-corrected chi connectivity index (χ2v) is 5.31. The number of hydrogen-bond acceptors (Lipinski definition) is 5. The molecule has 1 rings (SSSR count). The minimum atomic E-state index is -3.45. The molecule has 0 atom stereocenters. The largest absolute Gasteiger partial charge is 0.285 e. The minimum Gasteiger partial charge on any atom is -0.271 e. The molecule has 0 saturated carbocycles. The van der Waals surface area contributed by atoms with Gasteiger partial charge in [-0.2, -0.15) is 12.7 Å². The molecular formula is C9H18N2O3S. The van der Waals surface area contributed by atoms with Crippen LogP contribution in [0.5, 0.6) is 0 Å². The third-order valence-electron chi connectivity index (χ3n) is 2.19. The molecule has 0 fully saturated rings. The van der Waals surface area contributed by atoms with Crippen molar-refractivity contribution in [2.75, 3.05) is 12.8 Å². The van der Waals surface area contributed by atoms with Crippen molar-refractivity contribution < 1.29 is 12.7 Å². The average Bonchev–Trinajstić information content (AvgIpc) is 2.26. The van der Waals surface area contributed by atoms with E-state index in [1.54, 1.807) is 0 Å². The third-order valence-corrected chi connectivity index (χ3v) is 2.57. The first-order valence-electron chi connectivity index (χ1n) is 5.26. The Morgan fingerprint density at radius 2 is 1.87 bits per heavy atom. The van der Waals surface area contributed by atoms with Crippen LogP contribution < -0.4 is 5.48 Å². The van der Waals surface area contributed by atoms with Gasteiger partial charge in [-0.15, -0.1) is 0 Å². The van der Waals surface area contributed by atoms with Crippen molar-refractivity contribution in [2.45, 2.75) is 38.5 Å². The van der Waals surface area contributed by atoms with E-state index in [1.807, 2.05) is 0 Å². The van der Waals surface area contributed by atoms with Gasteiger partial charge in [-0.3, -0.25) is 4.99 Å². The minimum absolute atomic E-state index is 0.641. The summed E-state index contributed by atoms with van der Waals surface area (Å²) in [5, 5.41) is 0. The van der Waals surface area contributed by atoms with Crippen molar-refractivity contribution in [1.82, 2.24) is 5.48 Å². The number of nitrogens with zero attached hydrogens (tertiary/aromatic N) is 1. The standard InChI is InChI=1S/C9H18N2O3S/c1-15(12,13)14-11-9-7-5-3-2-4-6-8-10-9/h2-8H2,1H3,(H,10,11). The number of aliphatic imine (C=N–C) groups is 1. The maximum Gasteiger partial charge on any atom is 0.285 e. The molecule has 0 aromatic rings. The molecule has 1 heterocycles. The summed E-state index contributed by atoms with van der Waals surface area (Å²) in [6.07, 6.45) is 7.45. The van der Waals surface area contributed by atoms with E-state index in [2.05, 4.69) is 14.8 Å². The summed E-state index contributed by atoms with van der Waals surface area (Å²) in [5.41, 5.74) is 2.42. The fourth-order valence-corrected chi connectivity index (χ4v) is 1.68. The van der Waals surface area contributed by atoms with Crippen LogP contribution in [0.4, 0.5) is 0 Å². The van der Waals surface area contributed by atoms with Gasteiger partial charge in [0.1, 0.15) is 5.84 Å². The van der Waals surface area contributed by atoms with Crippen molar-refractivity contribution in [3.05, 3.63) is 0 Å². The molecule has 88 valence electrons. The highest BCUT2D eigenvalue weighted by molar-refractivity contribution is 7.85. The lowest BCUT2D eigenvalue weighted by Gasteiger charge is -2.07. The Kier molecular flexibility index (Phi) is 5.04. The van der Waals surface area contributed by atoms with E-state index in [9.17, 15) is 8.42 Å². The summed E-state index contributed by atoms with van der Waals surface area (Å²) in [6.45, 7) is 0.745. The summed E-state index contributed by atoms with van der Waals surface area (Å²) < 4.78 is 26.0. The van der Waals surface area contributed by atoms with Gasteiger partial charge in [0.05, 0.1) is 6.26 Å². The van der Waals surface area contributed by atoms with Crippen LogP contribution >= 0.6 is 0 Å². The fourth-order valence-electron chi connectivity index (χ4n) is 1.43. The van der Waals surface area contributed by atoms with Gasteiger partial charge in [-0.1, -0.05) is 19.3 Å². The van der Waals surface area contributed by atoms with Crippen LogP contribution in [0.3, 0.4) is 0 Å². The van der Waals surface area contributed by atoms with Gasteiger partial charge in [-0.25, -0.2) is 5.48 Å². The van der Waals surface area contributed by atoms with Crippen molar-refractivity contribution in [3.8, 4) is 0 Å². The molecule has 0 bridgehead atoms. The Hall–Kier alpha value is -0.620. The molecule has 6 heteroatoms. The number of amidine groups is 1. The van der Waals surface area contributed by atoms with Crippen LogP contribution in [-0.2, 0) is 14.4 Å². The molecule has 0 radical (unpaired) electrons. The molecule has 0 aromatic carbocycles. The van der Waals surface area contributed by atoms with Crippen LogP contribution in [0, 0.1) is 0 Å². The first-order chi connectivity index (χ1) is 7.08. The number of hydroxylamine groups is 1. The van der Waals surface area contributed by atoms with E-state index < -0.39 is 10.1 Å². The molecule has 1 aliphatic rings. The van der Waals surface area contributed by atoms with Crippen molar-refractivity contribution in [3.63, 3.8) is 0 Å². The Morgan fingerprint density at radius 1 is 1.20 bits per heavy atom. The molecule has 0 amide bonds. The predicted molar refractivity (Wildman–Crippen MR) is 59.1 cm³/mol. The number of hydrogen-bond donors (Lipinski definition) is 1. The molecule has 1 N–H and O–H groups in total. The fraction of sp³-hybridized carbons (Fsp3) is 0.889. The Morgan fingerprint density at radius 3 is 2.60 bits per heavy atom. The van der Waals surface area contributed by atoms with Crippen LogP contribution in [0.15, 0.2) is 4.99 Å². The van der Waals surface area contributed by atoms with E-state index in [1.165, 1.54) is 19.3 Å². The zero-order chi connectivity index (χ0) is 11.1. The van der Waals surface area contributed by atoms with Gasteiger partial charge in [-0.05, 0) is 12.8 Å². The van der Waals surface area contributed by atoms with Gasteiger partial charge in [0.25, 0.3) is 10.1 Å². The lowest BCUT2D eigenvalue weighted by molar-refractivity contribution is 0.267. The van der Waals surface area contributed by atoms with Crippen LogP contribution in [-0.4, -0.2) is 27.1 Å². The molecular weight excluding hydrogens is 216 g/mol. The van der Waals surface area contributed by atoms with E-state index in [-0.39, 0.29) is 0 Å². The van der Waals surface area contributed by atoms with E-state index in [4.69, 9.17) is 0 Å². The summed E-state index contributed by atoms with van der Waals surface area (Å²) in [5.74, 6) is 0.641. The second kappa shape index (κ2) is 6.07. The zero-order valence-electron chi connectivity index (χ0n) is 9.03. The van der Waals surface area contributed by atoms with Gasteiger partial charge in [0, 0.05) is 13.0 Å². The van der Waals surface area contributed by atoms with Crippen LogP contribution in [0.1, 0.15) is 38.5 Å². The normalized spacial score (nSPS) is 19.7. The van der Waals surface area contributed by atoms with E-state index in [0.29, 0.717) is 5.84 Å². The monoisotopic (exact) mass is 234 g/mol. The predicted octanol–water partition coefficient (Wildman–Crippen LogP) is 1.22. The highest BCUT2D eigenvalue weighted by Crippen LogP contribution is 2.08. The molecule has 5 nitrogen and oxygen atoms in total. The second-order valence-electron chi connectivity index (χ2n) is 3.74. The van der Waals surface area contributed by atoms with Crippen LogP contribution in [0.2, 0.25) is 0 Å². The van der Waals surface area contributed by atoms with Crippen LogP contribution in [0.25, 0.3) is 0 Å². The van der Waals surface area contributed by atoms with Gasteiger partial charge in [0.2, 0.25) is 0 Å². The lowest BCUT2D eigenvalue weighted by atomic mass is 10.1. The zero-order valence-corrected chi connectivity index (χ0v) is 9.85. The number of nitrogens with one attached hydrogen (secondary N) is 1. The Balaban J connectivity index is 2.42.